The Kier molecular flexibility index (Phi) is 5.90. The monoisotopic (exact) mass is 352 g/mol. The molecule has 2 rings (SSSR count). The summed E-state index contributed by atoms with van der Waals surface area (Å²) in [6.07, 6.45) is 0. The first-order chi connectivity index (χ1) is 11.1. The van der Waals surface area contributed by atoms with Crippen LogP contribution in [0.4, 0.5) is 11.4 Å². The number of benzene rings is 2. The van der Waals surface area contributed by atoms with E-state index in [-0.39, 0.29) is 0 Å². The molecule has 0 bridgehead atoms. The predicted molar refractivity (Wildman–Crippen MR) is 97.4 cm³/mol. The molecule has 0 aromatic heterocycles. The van der Waals surface area contributed by atoms with Crippen molar-refractivity contribution in [2.45, 2.75) is 0 Å². The van der Waals surface area contributed by atoms with Gasteiger partial charge in [0.05, 0.1) is 32.0 Å². The Balaban J connectivity index is 2.16. The number of halogens is 1. The normalized spacial score (nSPS) is 9.91. The Hall–Kier alpha value is -2.18. The molecule has 0 spiro atoms. The minimum absolute atomic E-state index is 0.404. The van der Waals surface area contributed by atoms with Gasteiger partial charge < -0.3 is 24.8 Å². The molecule has 122 valence electrons. The van der Waals surface area contributed by atoms with Crippen molar-refractivity contribution in [3.05, 3.63) is 41.4 Å². The first kappa shape index (κ1) is 17.2. The van der Waals surface area contributed by atoms with Crippen LogP contribution in [0.5, 0.6) is 17.2 Å². The quantitative estimate of drug-likeness (QED) is 0.787. The molecule has 5 nitrogen and oxygen atoms in total. The van der Waals surface area contributed by atoms with E-state index in [2.05, 4.69) is 10.6 Å². The zero-order chi connectivity index (χ0) is 16.8. The zero-order valence-corrected chi connectivity index (χ0v) is 14.5. The number of ether oxygens (including phenoxy) is 3. The van der Waals surface area contributed by atoms with Crippen LogP contribution in [0.1, 0.15) is 0 Å². The molecule has 0 heterocycles. The van der Waals surface area contributed by atoms with Crippen LogP contribution in [0.15, 0.2) is 36.4 Å². The molecule has 0 atom stereocenters. The van der Waals surface area contributed by atoms with Gasteiger partial charge in [-0.1, -0.05) is 17.7 Å². The summed E-state index contributed by atoms with van der Waals surface area (Å²) >= 11 is 11.4. The zero-order valence-electron chi connectivity index (χ0n) is 13.0. The minimum atomic E-state index is 0.404. The third kappa shape index (κ3) is 4.40. The van der Waals surface area contributed by atoms with Crippen LogP contribution in [0, 0.1) is 0 Å². The maximum absolute atomic E-state index is 6.08. The van der Waals surface area contributed by atoms with Gasteiger partial charge in [0.1, 0.15) is 17.2 Å². The van der Waals surface area contributed by atoms with Crippen molar-refractivity contribution in [1.29, 1.82) is 0 Å². The maximum Gasteiger partial charge on any atom is 0.175 e. The highest BCUT2D eigenvalue weighted by atomic mass is 35.5. The van der Waals surface area contributed by atoms with Gasteiger partial charge in [0.15, 0.2) is 5.11 Å². The van der Waals surface area contributed by atoms with Crippen LogP contribution >= 0.6 is 23.8 Å². The molecule has 0 aliphatic carbocycles. The number of rotatable bonds is 5. The number of anilines is 2. The third-order valence-electron chi connectivity index (χ3n) is 3.05. The molecular weight excluding hydrogens is 336 g/mol. The second-order valence-electron chi connectivity index (χ2n) is 4.50. The number of hydrogen-bond acceptors (Lipinski definition) is 4. The second kappa shape index (κ2) is 7.89. The van der Waals surface area contributed by atoms with Crippen molar-refractivity contribution < 1.29 is 14.2 Å². The smallest absolute Gasteiger partial charge is 0.175 e. The Bertz CT molecular complexity index is 710. The van der Waals surface area contributed by atoms with Crippen molar-refractivity contribution in [2.24, 2.45) is 0 Å². The number of methoxy groups -OCH3 is 3. The van der Waals surface area contributed by atoms with Crippen molar-refractivity contribution in [3.63, 3.8) is 0 Å². The van der Waals surface area contributed by atoms with Gasteiger partial charge in [0.2, 0.25) is 0 Å². The number of thiocarbonyl (C=S) groups is 1. The van der Waals surface area contributed by atoms with E-state index in [0.717, 1.165) is 11.4 Å². The van der Waals surface area contributed by atoms with E-state index < -0.39 is 0 Å². The lowest BCUT2D eigenvalue weighted by Crippen LogP contribution is -2.19. The number of hydrogen-bond donors (Lipinski definition) is 2. The summed E-state index contributed by atoms with van der Waals surface area (Å²) in [6, 6.07) is 10.8. The topological polar surface area (TPSA) is 51.8 Å². The lowest BCUT2D eigenvalue weighted by Gasteiger charge is -2.15. The Morgan fingerprint density at radius 2 is 1.70 bits per heavy atom. The summed E-state index contributed by atoms with van der Waals surface area (Å²) in [6.45, 7) is 0. The molecule has 2 aromatic rings. The number of nitrogens with one attached hydrogen (secondary N) is 2. The van der Waals surface area contributed by atoms with E-state index in [1.54, 1.807) is 33.5 Å². The maximum atomic E-state index is 6.08. The summed E-state index contributed by atoms with van der Waals surface area (Å²) in [7, 11) is 4.71. The molecule has 0 fully saturated rings. The fraction of sp³-hybridized carbons (Fsp3) is 0.188. The van der Waals surface area contributed by atoms with Crippen molar-refractivity contribution in [1.82, 2.24) is 0 Å². The van der Waals surface area contributed by atoms with Gasteiger partial charge in [0, 0.05) is 23.9 Å². The fourth-order valence-corrected chi connectivity index (χ4v) is 2.40. The average Bonchev–Trinajstić information content (AvgIpc) is 2.56. The van der Waals surface area contributed by atoms with Gasteiger partial charge in [-0.05, 0) is 24.4 Å². The summed E-state index contributed by atoms with van der Waals surface area (Å²) in [5, 5.41) is 7.01. The van der Waals surface area contributed by atoms with Crippen LogP contribution in [0.2, 0.25) is 5.02 Å². The van der Waals surface area contributed by atoms with Crippen LogP contribution in [0.25, 0.3) is 0 Å². The predicted octanol–water partition coefficient (Wildman–Crippen LogP) is 4.17. The molecule has 7 heteroatoms. The van der Waals surface area contributed by atoms with Gasteiger partial charge in [-0.25, -0.2) is 0 Å². The standard InChI is InChI=1S/C16H17ClN2O3S/c1-20-11-6-4-5-10(7-11)18-16(23)19-13-9-14(21-2)12(17)8-15(13)22-3/h4-9H,1-3H3,(H2,18,19,23). The third-order valence-corrected chi connectivity index (χ3v) is 3.55. The highest BCUT2D eigenvalue weighted by molar-refractivity contribution is 7.80. The Morgan fingerprint density at radius 1 is 0.957 bits per heavy atom. The van der Waals surface area contributed by atoms with E-state index in [1.165, 1.54) is 0 Å². The molecular formula is C16H17ClN2O3S. The molecule has 2 aromatic carbocycles. The average molecular weight is 353 g/mol. The van der Waals surface area contributed by atoms with Crippen molar-refractivity contribution in [3.8, 4) is 17.2 Å². The van der Waals surface area contributed by atoms with E-state index in [1.807, 2.05) is 24.3 Å². The molecule has 0 saturated carbocycles. The highest BCUT2D eigenvalue weighted by Gasteiger charge is 2.11. The lowest BCUT2D eigenvalue weighted by atomic mass is 10.2. The molecule has 0 unspecified atom stereocenters. The van der Waals surface area contributed by atoms with Gasteiger partial charge in [-0.2, -0.15) is 0 Å². The van der Waals surface area contributed by atoms with Crippen molar-refractivity contribution in [2.75, 3.05) is 32.0 Å². The first-order valence-corrected chi connectivity index (χ1v) is 7.49. The summed E-state index contributed by atoms with van der Waals surface area (Å²) in [5.41, 5.74) is 1.45. The van der Waals surface area contributed by atoms with Gasteiger partial charge in [0.25, 0.3) is 0 Å². The summed E-state index contributed by atoms with van der Waals surface area (Å²) in [5.74, 6) is 1.83. The summed E-state index contributed by atoms with van der Waals surface area (Å²) < 4.78 is 15.7. The van der Waals surface area contributed by atoms with E-state index in [4.69, 9.17) is 38.0 Å². The second-order valence-corrected chi connectivity index (χ2v) is 5.31. The van der Waals surface area contributed by atoms with E-state index >= 15 is 0 Å². The Morgan fingerprint density at radius 3 is 2.35 bits per heavy atom. The molecule has 0 radical (unpaired) electrons. The summed E-state index contributed by atoms with van der Waals surface area (Å²) in [4.78, 5) is 0. The van der Waals surface area contributed by atoms with Crippen molar-refractivity contribution >= 4 is 40.3 Å². The molecule has 2 N–H and O–H groups in total. The Labute approximate surface area is 145 Å². The first-order valence-electron chi connectivity index (χ1n) is 6.71. The highest BCUT2D eigenvalue weighted by Crippen LogP contribution is 2.35. The molecule has 0 amide bonds. The van der Waals surface area contributed by atoms with E-state index in [9.17, 15) is 0 Å². The van der Waals surface area contributed by atoms with Crippen LogP contribution in [-0.4, -0.2) is 26.4 Å². The van der Waals surface area contributed by atoms with E-state index in [0.29, 0.717) is 27.3 Å². The molecule has 23 heavy (non-hydrogen) atoms. The molecule has 0 aliphatic heterocycles. The van der Waals surface area contributed by atoms with Gasteiger partial charge >= 0.3 is 0 Å². The minimum Gasteiger partial charge on any atom is -0.497 e. The molecule has 0 saturated heterocycles. The van der Waals surface area contributed by atoms with Crippen LogP contribution < -0.4 is 24.8 Å². The fourth-order valence-electron chi connectivity index (χ4n) is 1.94. The largest absolute Gasteiger partial charge is 0.497 e. The van der Waals surface area contributed by atoms with Gasteiger partial charge in [-0.3, -0.25) is 0 Å². The van der Waals surface area contributed by atoms with Crippen LogP contribution in [0.3, 0.4) is 0 Å². The SMILES string of the molecule is COc1cccc(NC(=S)Nc2cc(OC)c(Cl)cc2OC)c1. The molecule has 0 aliphatic rings. The van der Waals surface area contributed by atoms with Gasteiger partial charge in [-0.15, -0.1) is 0 Å². The van der Waals surface area contributed by atoms with Crippen LogP contribution in [-0.2, 0) is 0 Å². The lowest BCUT2D eigenvalue weighted by molar-refractivity contribution is 0.405.